The van der Waals surface area contributed by atoms with E-state index in [9.17, 15) is 8.78 Å². The topological polar surface area (TPSA) is 12.0 Å². The first-order valence-corrected chi connectivity index (χ1v) is 6.77. The molecule has 0 spiro atoms. The third-order valence-corrected chi connectivity index (χ3v) is 3.92. The van der Waals surface area contributed by atoms with Gasteiger partial charge in [-0.05, 0) is 43.1 Å². The molecule has 0 aliphatic heterocycles. The molecule has 0 saturated carbocycles. The van der Waals surface area contributed by atoms with Gasteiger partial charge in [0, 0.05) is 11.1 Å². The minimum atomic E-state index is -0.826. The van der Waals surface area contributed by atoms with Crippen LogP contribution in [0.15, 0.2) is 36.4 Å². The first-order valence-electron chi connectivity index (χ1n) is 6.39. The maximum Gasteiger partial charge on any atom is 0.162 e. The second kappa shape index (κ2) is 6.33. The van der Waals surface area contributed by atoms with Crippen LogP contribution < -0.4 is 5.32 Å². The zero-order chi connectivity index (χ0) is 14.7. The molecular formula is C16H16ClF2N. The highest BCUT2D eigenvalue weighted by molar-refractivity contribution is 6.32. The highest BCUT2D eigenvalue weighted by Crippen LogP contribution is 2.29. The molecule has 0 amide bonds. The van der Waals surface area contributed by atoms with E-state index in [0.717, 1.165) is 17.2 Å². The molecule has 2 aromatic rings. The van der Waals surface area contributed by atoms with Crippen molar-refractivity contribution in [1.29, 1.82) is 0 Å². The summed E-state index contributed by atoms with van der Waals surface area (Å²) in [5.74, 6) is -1.62. The molecule has 2 rings (SSSR count). The maximum atomic E-state index is 13.8. The summed E-state index contributed by atoms with van der Waals surface area (Å²) in [5.41, 5.74) is 2.18. The van der Waals surface area contributed by atoms with Gasteiger partial charge in [0.25, 0.3) is 0 Å². The second-order valence-corrected chi connectivity index (χ2v) is 5.11. The molecule has 0 heterocycles. The summed E-state index contributed by atoms with van der Waals surface area (Å²) in [6.07, 6.45) is 0.337. The van der Waals surface area contributed by atoms with Crippen LogP contribution in [0.4, 0.5) is 8.78 Å². The van der Waals surface area contributed by atoms with Gasteiger partial charge < -0.3 is 5.32 Å². The summed E-state index contributed by atoms with van der Waals surface area (Å²) in [6, 6.07) is 9.77. The van der Waals surface area contributed by atoms with Crippen LogP contribution in [-0.4, -0.2) is 7.05 Å². The Morgan fingerprint density at radius 3 is 2.55 bits per heavy atom. The van der Waals surface area contributed by atoms with Crippen molar-refractivity contribution in [2.75, 3.05) is 7.05 Å². The van der Waals surface area contributed by atoms with Crippen LogP contribution in [0, 0.1) is 18.6 Å². The normalized spacial score (nSPS) is 12.4. The average Bonchev–Trinajstić information content (AvgIpc) is 2.44. The summed E-state index contributed by atoms with van der Waals surface area (Å²) in [7, 11) is 1.78. The molecule has 0 aromatic heterocycles. The lowest BCUT2D eigenvalue weighted by molar-refractivity contribution is 0.487. The standard InChI is InChI=1S/C16H16ClF2N/c1-10-5-3-7-12(15(10)17)14(20-2)9-11-6-4-8-13(18)16(11)19/h3-8,14,20H,9H2,1-2H3. The van der Waals surface area contributed by atoms with E-state index in [2.05, 4.69) is 5.32 Å². The molecule has 0 radical (unpaired) electrons. The predicted octanol–water partition coefficient (Wildman–Crippen LogP) is 4.43. The van der Waals surface area contributed by atoms with Crippen LogP contribution in [0.5, 0.6) is 0 Å². The second-order valence-electron chi connectivity index (χ2n) is 4.74. The van der Waals surface area contributed by atoms with Crippen LogP contribution in [0.3, 0.4) is 0 Å². The van der Waals surface area contributed by atoms with Gasteiger partial charge in [-0.1, -0.05) is 41.9 Å². The quantitative estimate of drug-likeness (QED) is 0.880. The Balaban J connectivity index is 2.34. The smallest absolute Gasteiger partial charge is 0.162 e. The van der Waals surface area contributed by atoms with E-state index in [1.165, 1.54) is 6.07 Å². The molecular weight excluding hydrogens is 280 g/mol. The molecule has 0 aliphatic rings. The van der Waals surface area contributed by atoms with Gasteiger partial charge in [-0.2, -0.15) is 0 Å². The Labute approximate surface area is 122 Å². The van der Waals surface area contributed by atoms with Crippen LogP contribution in [0.2, 0.25) is 5.02 Å². The molecule has 0 fully saturated rings. The van der Waals surface area contributed by atoms with Crippen molar-refractivity contribution in [3.8, 4) is 0 Å². The van der Waals surface area contributed by atoms with Crippen LogP contribution in [-0.2, 0) is 6.42 Å². The summed E-state index contributed by atoms with van der Waals surface area (Å²) < 4.78 is 27.0. The molecule has 2 aromatic carbocycles. The van der Waals surface area contributed by atoms with Crippen molar-refractivity contribution in [2.24, 2.45) is 0 Å². The van der Waals surface area contributed by atoms with Gasteiger partial charge in [-0.15, -0.1) is 0 Å². The Morgan fingerprint density at radius 1 is 1.15 bits per heavy atom. The third-order valence-electron chi connectivity index (χ3n) is 3.40. The van der Waals surface area contributed by atoms with E-state index in [-0.39, 0.29) is 6.04 Å². The zero-order valence-electron chi connectivity index (χ0n) is 11.4. The van der Waals surface area contributed by atoms with Crippen molar-refractivity contribution in [2.45, 2.75) is 19.4 Å². The number of aryl methyl sites for hydroxylation is 1. The van der Waals surface area contributed by atoms with Gasteiger partial charge in [-0.3, -0.25) is 0 Å². The van der Waals surface area contributed by atoms with Gasteiger partial charge in [0.15, 0.2) is 11.6 Å². The van der Waals surface area contributed by atoms with Crippen molar-refractivity contribution < 1.29 is 8.78 Å². The fraction of sp³-hybridized carbons (Fsp3) is 0.250. The number of nitrogens with one attached hydrogen (secondary N) is 1. The number of benzene rings is 2. The largest absolute Gasteiger partial charge is 0.313 e. The van der Waals surface area contributed by atoms with E-state index < -0.39 is 11.6 Å². The highest BCUT2D eigenvalue weighted by Gasteiger charge is 2.17. The van der Waals surface area contributed by atoms with Crippen molar-refractivity contribution >= 4 is 11.6 Å². The van der Waals surface area contributed by atoms with Crippen LogP contribution in [0.25, 0.3) is 0 Å². The lowest BCUT2D eigenvalue weighted by Crippen LogP contribution is -2.20. The number of hydrogen-bond donors (Lipinski definition) is 1. The summed E-state index contributed by atoms with van der Waals surface area (Å²) >= 11 is 6.30. The first-order chi connectivity index (χ1) is 9.54. The molecule has 0 saturated heterocycles. The van der Waals surface area contributed by atoms with Crippen molar-refractivity contribution in [3.05, 3.63) is 69.7 Å². The lowest BCUT2D eigenvalue weighted by atomic mass is 9.97. The molecule has 0 aliphatic carbocycles. The predicted molar refractivity (Wildman–Crippen MR) is 78.1 cm³/mol. The molecule has 1 atom stereocenters. The number of halogens is 3. The first kappa shape index (κ1) is 14.9. The lowest BCUT2D eigenvalue weighted by Gasteiger charge is -2.19. The molecule has 1 nitrogen and oxygen atoms in total. The number of hydrogen-bond acceptors (Lipinski definition) is 1. The number of rotatable bonds is 4. The van der Waals surface area contributed by atoms with Gasteiger partial charge in [0.1, 0.15) is 0 Å². The monoisotopic (exact) mass is 295 g/mol. The Morgan fingerprint density at radius 2 is 1.85 bits per heavy atom. The minimum absolute atomic E-state index is 0.168. The van der Waals surface area contributed by atoms with Crippen molar-refractivity contribution in [3.63, 3.8) is 0 Å². The van der Waals surface area contributed by atoms with E-state index in [0.29, 0.717) is 17.0 Å². The van der Waals surface area contributed by atoms with Gasteiger partial charge in [0.2, 0.25) is 0 Å². The molecule has 4 heteroatoms. The molecule has 1 N–H and O–H groups in total. The van der Waals surface area contributed by atoms with Crippen LogP contribution in [0.1, 0.15) is 22.7 Å². The van der Waals surface area contributed by atoms with E-state index >= 15 is 0 Å². The SMILES string of the molecule is CNC(Cc1cccc(F)c1F)c1cccc(C)c1Cl. The minimum Gasteiger partial charge on any atom is -0.313 e. The van der Waals surface area contributed by atoms with E-state index in [1.807, 2.05) is 25.1 Å². The zero-order valence-corrected chi connectivity index (χ0v) is 12.1. The summed E-state index contributed by atoms with van der Waals surface area (Å²) in [6.45, 7) is 1.92. The maximum absolute atomic E-state index is 13.8. The summed E-state index contributed by atoms with van der Waals surface area (Å²) in [5, 5.41) is 3.76. The Bertz CT molecular complexity index is 613. The molecule has 106 valence electrons. The number of likely N-dealkylation sites (N-methyl/N-ethyl adjacent to an activating group) is 1. The van der Waals surface area contributed by atoms with Crippen LogP contribution >= 0.6 is 11.6 Å². The van der Waals surface area contributed by atoms with E-state index in [1.54, 1.807) is 13.1 Å². The molecule has 1 unspecified atom stereocenters. The van der Waals surface area contributed by atoms with Gasteiger partial charge in [-0.25, -0.2) is 8.78 Å². The Hall–Kier alpha value is -1.45. The third kappa shape index (κ3) is 3.00. The van der Waals surface area contributed by atoms with Gasteiger partial charge >= 0.3 is 0 Å². The van der Waals surface area contributed by atoms with Crippen molar-refractivity contribution in [1.82, 2.24) is 5.32 Å². The van der Waals surface area contributed by atoms with E-state index in [4.69, 9.17) is 11.6 Å². The fourth-order valence-corrected chi connectivity index (χ4v) is 2.49. The Kier molecular flexibility index (Phi) is 4.73. The summed E-state index contributed by atoms with van der Waals surface area (Å²) in [4.78, 5) is 0. The van der Waals surface area contributed by atoms with Gasteiger partial charge in [0.05, 0.1) is 0 Å². The fourth-order valence-electron chi connectivity index (χ4n) is 2.23. The molecule has 20 heavy (non-hydrogen) atoms. The highest BCUT2D eigenvalue weighted by atomic mass is 35.5. The average molecular weight is 296 g/mol. The molecule has 0 bridgehead atoms.